The van der Waals surface area contributed by atoms with E-state index in [1.54, 1.807) is 18.5 Å². The molecule has 156 valence electrons. The minimum absolute atomic E-state index is 0.101. The van der Waals surface area contributed by atoms with Gasteiger partial charge in [0.15, 0.2) is 0 Å². The van der Waals surface area contributed by atoms with E-state index < -0.39 is 0 Å². The molecule has 1 amide bonds. The zero-order valence-corrected chi connectivity index (χ0v) is 18.0. The summed E-state index contributed by atoms with van der Waals surface area (Å²) in [5, 5.41) is 15.2. The average Bonchev–Trinajstić information content (AvgIpc) is 2.76. The van der Waals surface area contributed by atoms with Gasteiger partial charge in [-0.15, -0.1) is 0 Å². The number of carbonyl (C=O) groups is 1. The average molecular weight is 397 g/mol. The summed E-state index contributed by atoms with van der Waals surface area (Å²) in [4.78, 5) is 17.2. The first-order valence-corrected chi connectivity index (χ1v) is 9.95. The Kier molecular flexibility index (Phi) is 8.21. The summed E-state index contributed by atoms with van der Waals surface area (Å²) in [5.74, 6) is -0.240. The van der Waals surface area contributed by atoms with Crippen molar-refractivity contribution in [2.75, 3.05) is 18.5 Å². The lowest BCUT2D eigenvalue weighted by atomic mass is 10.00. The van der Waals surface area contributed by atoms with Crippen LogP contribution in [0.5, 0.6) is 0 Å². The summed E-state index contributed by atoms with van der Waals surface area (Å²) in [6.07, 6.45) is 4.51. The third-order valence-electron chi connectivity index (χ3n) is 5.11. The first kappa shape index (κ1) is 22.4. The Morgan fingerprint density at radius 1 is 1.24 bits per heavy atom. The lowest BCUT2D eigenvalue weighted by Crippen LogP contribution is -2.26. The molecule has 2 rings (SSSR count). The number of nitrogens with zero attached hydrogens (tertiary/aromatic N) is 2. The van der Waals surface area contributed by atoms with Gasteiger partial charge in [0.1, 0.15) is 0 Å². The maximum absolute atomic E-state index is 12.6. The number of anilines is 1. The number of hydrogen-bond acceptors (Lipinski definition) is 4. The first-order chi connectivity index (χ1) is 13.9. The van der Waals surface area contributed by atoms with Crippen LogP contribution in [0.25, 0.3) is 0 Å². The van der Waals surface area contributed by atoms with Gasteiger partial charge < -0.3 is 20.3 Å². The Labute approximate surface area is 173 Å². The molecule has 0 aliphatic carbocycles. The highest BCUT2D eigenvalue weighted by atomic mass is 16.3. The molecule has 0 saturated heterocycles. The van der Waals surface area contributed by atoms with E-state index in [2.05, 4.69) is 47.7 Å². The highest BCUT2D eigenvalue weighted by Gasteiger charge is 2.08. The van der Waals surface area contributed by atoms with Gasteiger partial charge in [-0.05, 0) is 49.9 Å². The van der Waals surface area contributed by atoms with Gasteiger partial charge in [0.2, 0.25) is 0 Å². The summed E-state index contributed by atoms with van der Waals surface area (Å²) >= 11 is 0. The Balaban J connectivity index is 2.48. The SMILES string of the molecule is CCc1cccc(C)c1CNc1cnc(C)c(C)n(C)cc(C(=O)NCCO)c1. The summed E-state index contributed by atoms with van der Waals surface area (Å²) in [6, 6.07) is 8.13. The predicted molar refractivity (Wildman–Crippen MR) is 118 cm³/mol. The van der Waals surface area contributed by atoms with Crippen molar-refractivity contribution in [1.29, 1.82) is 0 Å². The maximum atomic E-state index is 12.6. The van der Waals surface area contributed by atoms with Crippen molar-refractivity contribution >= 4 is 11.6 Å². The summed E-state index contributed by atoms with van der Waals surface area (Å²) in [6.45, 7) is 8.93. The second-order valence-corrected chi connectivity index (χ2v) is 7.12. The lowest BCUT2D eigenvalue weighted by Gasteiger charge is -2.13. The summed E-state index contributed by atoms with van der Waals surface area (Å²) in [5.41, 5.74) is 6.88. The number of carbonyl (C=O) groups excluding carboxylic acids is 1. The van der Waals surface area contributed by atoms with Crippen molar-refractivity contribution in [2.45, 2.75) is 40.7 Å². The number of aromatic nitrogens is 2. The highest BCUT2D eigenvalue weighted by Crippen LogP contribution is 2.17. The van der Waals surface area contributed by atoms with Gasteiger partial charge in [-0.2, -0.15) is 0 Å². The van der Waals surface area contributed by atoms with Gasteiger partial charge in [-0.25, -0.2) is 0 Å². The second-order valence-electron chi connectivity index (χ2n) is 7.12. The molecule has 6 heteroatoms. The fourth-order valence-electron chi connectivity index (χ4n) is 3.09. The minimum atomic E-state index is -0.240. The molecule has 0 fully saturated rings. The van der Waals surface area contributed by atoms with Crippen LogP contribution in [0.1, 0.15) is 45.4 Å². The number of nitrogens with one attached hydrogen (secondary N) is 2. The van der Waals surface area contributed by atoms with Crippen LogP contribution in [0, 0.1) is 20.8 Å². The molecule has 1 heterocycles. The van der Waals surface area contributed by atoms with Gasteiger partial charge in [-0.1, -0.05) is 25.1 Å². The third kappa shape index (κ3) is 6.06. The van der Waals surface area contributed by atoms with E-state index in [0.29, 0.717) is 12.1 Å². The van der Waals surface area contributed by atoms with Crippen molar-refractivity contribution in [3.8, 4) is 0 Å². The van der Waals surface area contributed by atoms with Crippen molar-refractivity contribution in [1.82, 2.24) is 14.9 Å². The van der Waals surface area contributed by atoms with Crippen molar-refractivity contribution in [3.05, 3.63) is 70.3 Å². The number of benzene rings is 1. The van der Waals surface area contributed by atoms with E-state index in [1.165, 1.54) is 16.7 Å². The van der Waals surface area contributed by atoms with E-state index >= 15 is 0 Å². The van der Waals surface area contributed by atoms with E-state index in [-0.39, 0.29) is 19.1 Å². The Bertz CT molecular complexity index is 917. The minimum Gasteiger partial charge on any atom is -0.395 e. The number of aliphatic hydroxyl groups excluding tert-OH is 1. The largest absolute Gasteiger partial charge is 0.395 e. The first-order valence-electron chi connectivity index (χ1n) is 9.95. The summed E-state index contributed by atoms with van der Waals surface area (Å²) in [7, 11) is 1.89. The number of aliphatic hydroxyl groups is 1. The van der Waals surface area contributed by atoms with E-state index in [0.717, 1.165) is 23.5 Å². The van der Waals surface area contributed by atoms with Gasteiger partial charge in [-0.3, -0.25) is 9.78 Å². The van der Waals surface area contributed by atoms with Gasteiger partial charge in [0.25, 0.3) is 5.91 Å². The maximum Gasteiger partial charge on any atom is 0.252 e. The zero-order chi connectivity index (χ0) is 21.4. The Morgan fingerprint density at radius 2 is 2.00 bits per heavy atom. The molecule has 2 aromatic rings. The second kappa shape index (κ2) is 10.6. The van der Waals surface area contributed by atoms with E-state index in [9.17, 15) is 4.79 Å². The summed E-state index contributed by atoms with van der Waals surface area (Å²) < 4.78 is 1.89. The van der Waals surface area contributed by atoms with Crippen LogP contribution in [-0.2, 0) is 20.0 Å². The van der Waals surface area contributed by atoms with Gasteiger partial charge in [0, 0.05) is 32.0 Å². The Morgan fingerprint density at radius 3 is 2.69 bits per heavy atom. The topological polar surface area (TPSA) is 79.2 Å². The molecule has 3 N–H and O–H groups in total. The smallest absolute Gasteiger partial charge is 0.252 e. The standard InChI is InChI=1S/C23H32N4O2/c1-6-19-9-7-8-16(2)22(19)14-26-21-12-20(23(29)24-10-11-28)15-27(5)18(4)17(3)25-13-21/h7-9,12-13,15,26,28H,6,10-11,14H2,1-5H3,(H,24,29). The normalized spacial score (nSPS) is 10.4. The number of aryl methyl sites for hydroxylation is 4. The molecular formula is C23H32N4O2. The number of rotatable bonds is 7. The molecule has 0 radical (unpaired) electrons. The molecule has 0 aliphatic heterocycles. The van der Waals surface area contributed by atoms with Gasteiger partial charge >= 0.3 is 0 Å². The fourth-order valence-corrected chi connectivity index (χ4v) is 3.09. The van der Waals surface area contributed by atoms with Crippen LogP contribution in [0.2, 0.25) is 0 Å². The molecule has 1 aromatic heterocycles. The van der Waals surface area contributed by atoms with E-state index in [1.807, 2.05) is 25.5 Å². The molecule has 0 saturated carbocycles. The molecule has 0 atom stereocenters. The fraction of sp³-hybridized carbons (Fsp3) is 0.391. The predicted octanol–water partition coefficient (Wildman–Crippen LogP) is 3.37. The van der Waals surface area contributed by atoms with E-state index in [4.69, 9.17) is 5.11 Å². The molecule has 0 unspecified atom stereocenters. The van der Waals surface area contributed by atoms with Crippen LogP contribution in [-0.4, -0.2) is 33.7 Å². The molecule has 0 spiro atoms. The van der Waals surface area contributed by atoms with Crippen molar-refractivity contribution < 1.29 is 9.90 Å². The van der Waals surface area contributed by atoms with Crippen molar-refractivity contribution in [3.63, 3.8) is 0 Å². The molecule has 1 aromatic carbocycles. The monoisotopic (exact) mass is 396 g/mol. The Hall–Kier alpha value is -2.86. The third-order valence-corrected chi connectivity index (χ3v) is 5.11. The van der Waals surface area contributed by atoms with Crippen LogP contribution in [0.3, 0.4) is 0 Å². The highest BCUT2D eigenvalue weighted by molar-refractivity contribution is 5.94. The quantitative estimate of drug-likeness (QED) is 0.670. The lowest BCUT2D eigenvalue weighted by molar-refractivity contribution is 0.0944. The number of amides is 1. The molecule has 29 heavy (non-hydrogen) atoms. The number of hydrogen-bond donors (Lipinski definition) is 3. The van der Waals surface area contributed by atoms with Crippen LogP contribution < -0.4 is 10.6 Å². The van der Waals surface area contributed by atoms with Gasteiger partial charge in [0.05, 0.1) is 29.7 Å². The van der Waals surface area contributed by atoms with Crippen LogP contribution in [0.15, 0.2) is 36.7 Å². The van der Waals surface area contributed by atoms with Crippen LogP contribution >= 0.6 is 0 Å². The van der Waals surface area contributed by atoms with Crippen LogP contribution in [0.4, 0.5) is 5.69 Å². The molecule has 0 bridgehead atoms. The molecular weight excluding hydrogens is 364 g/mol. The van der Waals surface area contributed by atoms with Crippen molar-refractivity contribution in [2.24, 2.45) is 7.05 Å². The zero-order valence-electron chi connectivity index (χ0n) is 18.0. The molecule has 0 aliphatic rings. The molecule has 6 nitrogen and oxygen atoms in total.